The van der Waals surface area contributed by atoms with Crippen LogP contribution < -0.4 is 9.92 Å². The average molecular weight is 306 g/mol. The van der Waals surface area contributed by atoms with Crippen LogP contribution in [0.1, 0.15) is 0 Å². The van der Waals surface area contributed by atoms with Crippen molar-refractivity contribution >= 4 is 36.8 Å². The minimum absolute atomic E-state index is 0.0810. The first-order valence-corrected chi connectivity index (χ1v) is 7.93. The summed E-state index contributed by atoms with van der Waals surface area (Å²) in [7, 11) is -3.86. The smallest absolute Gasteiger partial charge is 0.339 e. The molecule has 0 spiro atoms. The topological polar surface area (TPSA) is 82.3 Å². The molecule has 0 radical (unpaired) electrons. The quantitative estimate of drug-likeness (QED) is 0.752. The average Bonchev–Trinajstić information content (AvgIpc) is 2.78. The molecule has 0 aliphatic rings. The Morgan fingerprint density at radius 1 is 1.10 bits per heavy atom. The van der Waals surface area contributed by atoms with Gasteiger partial charge in [-0.05, 0) is 30.3 Å². The van der Waals surface area contributed by atoms with E-state index in [-0.39, 0.29) is 10.6 Å². The highest BCUT2D eigenvalue weighted by Gasteiger charge is 2.17. The zero-order valence-electron chi connectivity index (χ0n) is 10.2. The van der Waals surface area contributed by atoms with Crippen LogP contribution in [0.5, 0.6) is 5.75 Å². The van der Waals surface area contributed by atoms with E-state index < -0.39 is 10.1 Å². The molecule has 3 aromatic rings. The van der Waals surface area contributed by atoms with Gasteiger partial charge in [0.1, 0.15) is 10.6 Å². The number of thiazole rings is 1. The number of aromatic nitrogens is 1. The number of para-hydroxylation sites is 1. The molecule has 1 heterocycles. The molecule has 5 nitrogen and oxygen atoms in total. The Kier molecular flexibility index (Phi) is 3.07. The van der Waals surface area contributed by atoms with Crippen molar-refractivity contribution in [1.82, 2.24) is 4.98 Å². The van der Waals surface area contributed by atoms with Crippen molar-refractivity contribution in [3.05, 3.63) is 48.5 Å². The molecule has 0 saturated carbocycles. The third-order valence-corrected chi connectivity index (χ3v) is 4.70. The van der Waals surface area contributed by atoms with Crippen LogP contribution in [0.3, 0.4) is 0 Å². The highest BCUT2D eigenvalue weighted by atomic mass is 32.2. The van der Waals surface area contributed by atoms with Gasteiger partial charge in [-0.3, -0.25) is 0 Å². The van der Waals surface area contributed by atoms with Crippen molar-refractivity contribution in [3.63, 3.8) is 0 Å². The first kappa shape index (κ1) is 12.9. The number of hydrogen-bond acceptors (Lipinski definition) is 6. The van der Waals surface area contributed by atoms with Gasteiger partial charge in [0.25, 0.3) is 0 Å². The Morgan fingerprint density at radius 3 is 2.60 bits per heavy atom. The number of rotatable bonds is 3. The van der Waals surface area contributed by atoms with Crippen molar-refractivity contribution in [2.45, 2.75) is 4.90 Å². The lowest BCUT2D eigenvalue weighted by atomic mass is 10.3. The molecule has 1 aromatic heterocycles. The molecule has 0 amide bonds. The van der Waals surface area contributed by atoms with Gasteiger partial charge in [0.15, 0.2) is 5.13 Å². The van der Waals surface area contributed by atoms with E-state index in [1.165, 1.54) is 23.5 Å². The third-order valence-electron chi connectivity index (χ3n) is 2.61. The van der Waals surface area contributed by atoms with Crippen molar-refractivity contribution in [2.75, 3.05) is 5.73 Å². The Balaban J connectivity index is 2.00. The molecule has 2 aromatic carbocycles. The largest absolute Gasteiger partial charge is 0.379 e. The summed E-state index contributed by atoms with van der Waals surface area (Å²) >= 11 is 1.24. The second-order valence-corrected chi connectivity index (χ2v) is 6.64. The van der Waals surface area contributed by atoms with Gasteiger partial charge >= 0.3 is 10.1 Å². The summed E-state index contributed by atoms with van der Waals surface area (Å²) in [6.07, 6.45) is 0. The first-order valence-electron chi connectivity index (χ1n) is 5.70. The molecule has 20 heavy (non-hydrogen) atoms. The van der Waals surface area contributed by atoms with Crippen LogP contribution in [0, 0.1) is 0 Å². The number of nitrogens with zero attached hydrogens (tertiary/aromatic N) is 1. The summed E-state index contributed by atoms with van der Waals surface area (Å²) in [6.45, 7) is 0. The van der Waals surface area contributed by atoms with E-state index in [9.17, 15) is 8.42 Å². The molecule has 0 saturated heterocycles. The molecule has 7 heteroatoms. The minimum atomic E-state index is -3.86. The van der Waals surface area contributed by atoms with Gasteiger partial charge in [-0.1, -0.05) is 29.5 Å². The van der Waals surface area contributed by atoms with Crippen LogP contribution in [-0.2, 0) is 10.1 Å². The van der Waals surface area contributed by atoms with Crippen molar-refractivity contribution in [3.8, 4) is 5.75 Å². The molecule has 3 rings (SSSR count). The van der Waals surface area contributed by atoms with E-state index in [0.29, 0.717) is 15.3 Å². The predicted molar refractivity (Wildman–Crippen MR) is 78.3 cm³/mol. The van der Waals surface area contributed by atoms with Crippen LogP contribution in [0.4, 0.5) is 5.13 Å². The summed E-state index contributed by atoms with van der Waals surface area (Å²) in [5.74, 6) is 0.274. The van der Waals surface area contributed by atoms with E-state index >= 15 is 0 Å². The minimum Gasteiger partial charge on any atom is -0.379 e. The Labute approximate surface area is 119 Å². The number of fused-ring (bicyclic) bond motifs is 1. The Hall–Kier alpha value is -2.12. The van der Waals surface area contributed by atoms with Gasteiger partial charge in [0.2, 0.25) is 0 Å². The highest BCUT2D eigenvalue weighted by molar-refractivity contribution is 7.87. The SMILES string of the molecule is Nc1nc2ccc(S(=O)(=O)Oc3ccccc3)cc2s1. The van der Waals surface area contributed by atoms with Gasteiger partial charge < -0.3 is 9.92 Å². The zero-order chi connectivity index (χ0) is 14.2. The highest BCUT2D eigenvalue weighted by Crippen LogP contribution is 2.27. The molecule has 2 N–H and O–H groups in total. The van der Waals surface area contributed by atoms with Crippen molar-refractivity contribution < 1.29 is 12.6 Å². The lowest BCUT2D eigenvalue weighted by Gasteiger charge is -2.06. The maximum Gasteiger partial charge on any atom is 0.339 e. The lowest BCUT2D eigenvalue weighted by Crippen LogP contribution is -2.09. The number of anilines is 1. The fourth-order valence-electron chi connectivity index (χ4n) is 1.73. The van der Waals surface area contributed by atoms with E-state index in [1.807, 2.05) is 0 Å². The van der Waals surface area contributed by atoms with Crippen LogP contribution in [-0.4, -0.2) is 13.4 Å². The number of nitrogen functional groups attached to an aromatic ring is 1. The second kappa shape index (κ2) is 4.77. The van der Waals surface area contributed by atoms with Crippen LogP contribution in [0.25, 0.3) is 10.2 Å². The van der Waals surface area contributed by atoms with Crippen LogP contribution >= 0.6 is 11.3 Å². The van der Waals surface area contributed by atoms with E-state index in [0.717, 1.165) is 0 Å². The third kappa shape index (κ3) is 2.45. The van der Waals surface area contributed by atoms with Gasteiger partial charge in [0, 0.05) is 0 Å². The summed E-state index contributed by atoms with van der Waals surface area (Å²) in [4.78, 5) is 4.16. The predicted octanol–water partition coefficient (Wildman–Crippen LogP) is 2.65. The molecule has 0 fully saturated rings. The summed E-state index contributed by atoms with van der Waals surface area (Å²) < 4.78 is 30.1. The van der Waals surface area contributed by atoms with Crippen molar-refractivity contribution in [2.24, 2.45) is 0 Å². The van der Waals surface area contributed by atoms with E-state index in [4.69, 9.17) is 9.92 Å². The fourth-order valence-corrected chi connectivity index (χ4v) is 3.53. The lowest BCUT2D eigenvalue weighted by molar-refractivity contribution is 0.486. The van der Waals surface area contributed by atoms with Gasteiger partial charge in [0.05, 0.1) is 10.2 Å². The van der Waals surface area contributed by atoms with E-state index in [1.54, 1.807) is 36.4 Å². The zero-order valence-corrected chi connectivity index (χ0v) is 11.8. The normalized spacial score (nSPS) is 11.6. The van der Waals surface area contributed by atoms with Gasteiger partial charge in [-0.2, -0.15) is 8.42 Å². The number of benzene rings is 2. The molecule has 0 unspecified atom stereocenters. The monoisotopic (exact) mass is 306 g/mol. The van der Waals surface area contributed by atoms with E-state index in [2.05, 4.69) is 4.98 Å². The molecule has 0 bridgehead atoms. The van der Waals surface area contributed by atoms with Gasteiger partial charge in [-0.25, -0.2) is 4.98 Å². The molecular weight excluding hydrogens is 296 g/mol. The van der Waals surface area contributed by atoms with Crippen molar-refractivity contribution in [1.29, 1.82) is 0 Å². The molecule has 0 atom stereocenters. The first-order chi connectivity index (χ1) is 9.54. The standard InChI is InChI=1S/C13H10N2O3S2/c14-13-15-11-7-6-10(8-12(11)19-13)20(16,17)18-9-4-2-1-3-5-9/h1-8H,(H2,14,15). The maximum atomic E-state index is 12.2. The van der Waals surface area contributed by atoms with Crippen LogP contribution in [0.15, 0.2) is 53.4 Å². The van der Waals surface area contributed by atoms with Gasteiger partial charge in [-0.15, -0.1) is 0 Å². The Bertz CT molecular complexity index is 858. The van der Waals surface area contributed by atoms with Crippen LogP contribution in [0.2, 0.25) is 0 Å². The second-order valence-electron chi connectivity index (χ2n) is 4.03. The number of nitrogens with two attached hydrogens (primary N) is 1. The summed E-state index contributed by atoms with van der Waals surface area (Å²) in [5, 5.41) is 0.401. The number of hydrogen-bond donors (Lipinski definition) is 1. The molecule has 102 valence electrons. The summed E-state index contributed by atoms with van der Waals surface area (Å²) in [6, 6.07) is 13.0. The molecular formula is C13H10N2O3S2. The Morgan fingerprint density at radius 2 is 1.85 bits per heavy atom. The maximum absolute atomic E-state index is 12.2. The molecule has 0 aliphatic heterocycles. The fraction of sp³-hybridized carbons (Fsp3) is 0. The summed E-state index contributed by atoms with van der Waals surface area (Å²) in [5.41, 5.74) is 6.27. The molecule has 0 aliphatic carbocycles.